The molecule has 1 aliphatic carbocycles. The van der Waals surface area contributed by atoms with Crippen molar-refractivity contribution in [3.63, 3.8) is 0 Å². The van der Waals surface area contributed by atoms with E-state index in [4.69, 9.17) is 4.74 Å². The van der Waals surface area contributed by atoms with Gasteiger partial charge >= 0.3 is 6.01 Å². The number of nitrogens with one attached hydrogen (secondary N) is 1. The van der Waals surface area contributed by atoms with E-state index in [1.54, 1.807) is 0 Å². The third-order valence-corrected chi connectivity index (χ3v) is 3.25. The predicted octanol–water partition coefficient (Wildman–Crippen LogP) is 2.60. The molecule has 18 heavy (non-hydrogen) atoms. The zero-order valence-corrected chi connectivity index (χ0v) is 11.8. The minimum atomic E-state index is -0.213. The molecule has 0 radical (unpaired) electrons. The van der Waals surface area contributed by atoms with E-state index in [0.717, 1.165) is 24.4 Å². The van der Waals surface area contributed by atoms with Crippen LogP contribution < -0.4 is 10.1 Å². The predicted molar refractivity (Wildman–Crippen MR) is 71.6 cm³/mol. The minimum absolute atomic E-state index is 0.213. The van der Waals surface area contributed by atoms with Crippen LogP contribution in [-0.4, -0.2) is 21.6 Å². The van der Waals surface area contributed by atoms with Crippen molar-refractivity contribution in [2.45, 2.75) is 65.1 Å². The smallest absolute Gasteiger partial charge is 0.317 e. The van der Waals surface area contributed by atoms with Crippen LogP contribution in [-0.2, 0) is 6.54 Å². The van der Waals surface area contributed by atoms with E-state index in [0.29, 0.717) is 12.1 Å². The topological polar surface area (TPSA) is 47.0 Å². The van der Waals surface area contributed by atoms with Crippen molar-refractivity contribution in [1.29, 1.82) is 0 Å². The molecular formula is C14H23N3O. The maximum absolute atomic E-state index is 5.84. The van der Waals surface area contributed by atoms with Gasteiger partial charge in [-0.2, -0.15) is 4.98 Å². The van der Waals surface area contributed by atoms with Crippen molar-refractivity contribution >= 4 is 0 Å². The molecule has 4 heteroatoms. The molecule has 0 spiro atoms. The van der Waals surface area contributed by atoms with E-state index < -0.39 is 0 Å². The first-order chi connectivity index (χ1) is 8.48. The summed E-state index contributed by atoms with van der Waals surface area (Å²) in [7, 11) is 0. The molecule has 1 heterocycles. The molecule has 4 nitrogen and oxygen atoms in total. The largest absolute Gasteiger partial charge is 0.457 e. The quantitative estimate of drug-likeness (QED) is 0.842. The third kappa shape index (κ3) is 3.95. The molecule has 0 aliphatic heterocycles. The molecule has 2 rings (SSSR count). The molecule has 0 bridgehead atoms. The van der Waals surface area contributed by atoms with Crippen molar-refractivity contribution in [2.75, 3.05) is 0 Å². The minimum Gasteiger partial charge on any atom is -0.457 e. The molecule has 1 aliphatic rings. The lowest BCUT2D eigenvalue weighted by Gasteiger charge is -2.23. The molecule has 1 aromatic heterocycles. The summed E-state index contributed by atoms with van der Waals surface area (Å²) in [5.74, 6) is 0. The van der Waals surface area contributed by atoms with Gasteiger partial charge in [-0.25, -0.2) is 4.98 Å². The number of ether oxygens (including phenoxy) is 1. The zero-order chi connectivity index (χ0) is 13.2. The van der Waals surface area contributed by atoms with Crippen LogP contribution in [0.1, 0.15) is 51.4 Å². The van der Waals surface area contributed by atoms with Crippen molar-refractivity contribution in [2.24, 2.45) is 0 Å². The Labute approximate surface area is 109 Å². The molecule has 1 fully saturated rings. The van der Waals surface area contributed by atoms with E-state index in [9.17, 15) is 0 Å². The van der Waals surface area contributed by atoms with E-state index in [1.807, 2.05) is 13.0 Å². The van der Waals surface area contributed by atoms with Gasteiger partial charge in [-0.3, -0.25) is 0 Å². The van der Waals surface area contributed by atoms with Gasteiger partial charge in [0.2, 0.25) is 0 Å². The fraction of sp³-hybridized carbons (Fsp3) is 0.714. The highest BCUT2D eigenvalue weighted by Gasteiger charge is 2.21. The average molecular weight is 249 g/mol. The number of aryl methyl sites for hydroxylation is 1. The third-order valence-electron chi connectivity index (χ3n) is 3.25. The van der Waals surface area contributed by atoms with E-state index in [1.165, 1.54) is 12.8 Å². The van der Waals surface area contributed by atoms with Gasteiger partial charge in [0, 0.05) is 18.3 Å². The Kier molecular flexibility index (Phi) is 3.85. The second kappa shape index (κ2) is 5.22. The first kappa shape index (κ1) is 13.3. The molecule has 1 N–H and O–H groups in total. The fourth-order valence-electron chi connectivity index (χ4n) is 1.60. The summed E-state index contributed by atoms with van der Waals surface area (Å²) in [6.45, 7) is 9.00. The van der Waals surface area contributed by atoms with Gasteiger partial charge in [0.05, 0.1) is 5.69 Å². The first-order valence-electron chi connectivity index (χ1n) is 6.75. The van der Waals surface area contributed by atoms with E-state index in [-0.39, 0.29) is 5.60 Å². The maximum Gasteiger partial charge on any atom is 0.317 e. The molecule has 1 aromatic rings. The molecule has 1 saturated carbocycles. The van der Waals surface area contributed by atoms with Crippen LogP contribution in [0.5, 0.6) is 6.01 Å². The van der Waals surface area contributed by atoms with Crippen LogP contribution in [0.25, 0.3) is 0 Å². The molecule has 0 aromatic carbocycles. The van der Waals surface area contributed by atoms with Crippen LogP contribution >= 0.6 is 0 Å². The Morgan fingerprint density at radius 1 is 1.39 bits per heavy atom. The Hall–Kier alpha value is -1.16. The highest BCUT2D eigenvalue weighted by molar-refractivity contribution is 5.13. The summed E-state index contributed by atoms with van der Waals surface area (Å²) in [4.78, 5) is 8.82. The summed E-state index contributed by atoms with van der Waals surface area (Å²) in [5, 5.41) is 3.46. The van der Waals surface area contributed by atoms with Gasteiger partial charge in [-0.15, -0.1) is 0 Å². The SMILES string of the molecule is CCC(C)(C)Oc1nc(C)cc(CNC2CC2)n1. The van der Waals surface area contributed by atoms with E-state index >= 15 is 0 Å². The summed E-state index contributed by atoms with van der Waals surface area (Å²) < 4.78 is 5.84. The van der Waals surface area contributed by atoms with Crippen molar-refractivity contribution in [1.82, 2.24) is 15.3 Å². The van der Waals surface area contributed by atoms with Crippen molar-refractivity contribution in [3.8, 4) is 6.01 Å². The normalized spacial score (nSPS) is 15.8. The first-order valence-corrected chi connectivity index (χ1v) is 6.75. The lowest BCUT2D eigenvalue weighted by atomic mass is 10.1. The van der Waals surface area contributed by atoms with Gasteiger partial charge in [-0.1, -0.05) is 6.92 Å². The van der Waals surface area contributed by atoms with Crippen LogP contribution in [0.4, 0.5) is 0 Å². The molecule has 0 amide bonds. The average Bonchev–Trinajstić information content (AvgIpc) is 3.09. The summed E-state index contributed by atoms with van der Waals surface area (Å²) >= 11 is 0. The van der Waals surface area contributed by atoms with Crippen molar-refractivity contribution < 1.29 is 4.74 Å². The Morgan fingerprint density at radius 3 is 2.72 bits per heavy atom. The number of aromatic nitrogens is 2. The van der Waals surface area contributed by atoms with Crippen LogP contribution in [0.3, 0.4) is 0 Å². The van der Waals surface area contributed by atoms with Gasteiger partial charge in [0.15, 0.2) is 0 Å². The van der Waals surface area contributed by atoms with Gasteiger partial charge in [0.1, 0.15) is 5.60 Å². The Balaban J connectivity index is 2.04. The number of nitrogens with zero attached hydrogens (tertiary/aromatic N) is 2. The summed E-state index contributed by atoms with van der Waals surface area (Å²) in [6, 6.07) is 3.20. The fourth-order valence-corrected chi connectivity index (χ4v) is 1.60. The molecule has 0 atom stereocenters. The second-order valence-corrected chi connectivity index (χ2v) is 5.65. The lowest BCUT2D eigenvalue weighted by molar-refractivity contribution is 0.0918. The van der Waals surface area contributed by atoms with Gasteiger partial charge in [-0.05, 0) is 46.1 Å². The second-order valence-electron chi connectivity index (χ2n) is 5.65. The number of rotatable bonds is 6. The Bertz CT molecular complexity index is 414. The van der Waals surface area contributed by atoms with Gasteiger partial charge in [0.25, 0.3) is 0 Å². The zero-order valence-electron chi connectivity index (χ0n) is 11.8. The van der Waals surface area contributed by atoms with Crippen LogP contribution in [0, 0.1) is 6.92 Å². The monoisotopic (exact) mass is 249 g/mol. The molecule has 100 valence electrons. The van der Waals surface area contributed by atoms with Crippen molar-refractivity contribution in [3.05, 3.63) is 17.5 Å². The lowest BCUT2D eigenvalue weighted by Crippen LogP contribution is -2.28. The standard InChI is InChI=1S/C14H23N3O/c1-5-14(3,4)18-13-16-10(2)8-12(17-13)9-15-11-6-7-11/h8,11,15H,5-7,9H2,1-4H3. The molecule has 0 unspecified atom stereocenters. The highest BCUT2D eigenvalue weighted by atomic mass is 16.5. The molecular weight excluding hydrogens is 226 g/mol. The molecule has 0 saturated heterocycles. The van der Waals surface area contributed by atoms with E-state index in [2.05, 4.69) is 36.1 Å². The van der Waals surface area contributed by atoms with Gasteiger partial charge < -0.3 is 10.1 Å². The highest BCUT2D eigenvalue weighted by Crippen LogP contribution is 2.20. The number of hydrogen-bond acceptors (Lipinski definition) is 4. The van der Waals surface area contributed by atoms with Crippen LogP contribution in [0.15, 0.2) is 6.07 Å². The van der Waals surface area contributed by atoms with Crippen LogP contribution in [0.2, 0.25) is 0 Å². The summed E-state index contributed by atoms with van der Waals surface area (Å²) in [5.41, 5.74) is 1.76. The Morgan fingerprint density at radius 2 is 2.11 bits per heavy atom. The number of hydrogen-bond donors (Lipinski definition) is 1. The summed E-state index contributed by atoms with van der Waals surface area (Å²) in [6.07, 6.45) is 3.51. The maximum atomic E-state index is 5.84.